The van der Waals surface area contributed by atoms with Crippen LogP contribution in [0.1, 0.15) is 22.8 Å². The average molecular weight is 435 g/mol. The first-order valence-corrected chi connectivity index (χ1v) is 9.48. The number of benzene rings is 2. The number of halogens is 2. The van der Waals surface area contributed by atoms with E-state index in [-0.39, 0.29) is 12.4 Å². The minimum atomic E-state index is -0.513. The molecule has 1 aromatic heterocycles. The Hall–Kier alpha value is -2.31. The highest BCUT2D eigenvalue weighted by Crippen LogP contribution is 2.36. The molecule has 0 spiro atoms. The lowest BCUT2D eigenvalue weighted by Crippen LogP contribution is -3.00. The van der Waals surface area contributed by atoms with Crippen LogP contribution in [0, 0.1) is 0 Å². The number of hydrogen-bond acceptors (Lipinski definition) is 4. The first-order chi connectivity index (χ1) is 13.7. The first-order valence-electron chi connectivity index (χ1n) is 9.10. The second kappa shape index (κ2) is 11.6. The molecule has 0 saturated heterocycles. The van der Waals surface area contributed by atoms with Gasteiger partial charge < -0.3 is 32.3 Å². The summed E-state index contributed by atoms with van der Waals surface area (Å²) in [5.41, 5.74) is 2.86. The van der Waals surface area contributed by atoms with E-state index in [4.69, 9.17) is 21.1 Å². The van der Waals surface area contributed by atoms with Gasteiger partial charge in [0, 0.05) is 23.5 Å². The highest BCUT2D eigenvalue weighted by molar-refractivity contribution is 6.32. The van der Waals surface area contributed by atoms with Crippen LogP contribution in [0.3, 0.4) is 0 Å². The maximum absolute atomic E-state index is 10.3. The van der Waals surface area contributed by atoms with Crippen LogP contribution in [0.4, 0.5) is 0 Å². The van der Waals surface area contributed by atoms with Gasteiger partial charge in [-0.25, -0.2) is 0 Å². The van der Waals surface area contributed by atoms with Crippen LogP contribution in [0.15, 0.2) is 67.0 Å². The Morgan fingerprint density at radius 2 is 1.90 bits per heavy atom. The minimum Gasteiger partial charge on any atom is -1.00 e. The lowest BCUT2D eigenvalue weighted by Gasteiger charge is -2.14. The van der Waals surface area contributed by atoms with Gasteiger partial charge in [0.05, 0.1) is 12.1 Å². The lowest BCUT2D eigenvalue weighted by atomic mass is 10.1. The predicted molar refractivity (Wildman–Crippen MR) is 108 cm³/mol. The molecule has 1 heterocycles. The topological polar surface area (TPSA) is 68.2 Å². The predicted octanol–water partition coefficient (Wildman–Crippen LogP) is 0.124. The molecule has 3 N–H and O–H groups in total. The average Bonchev–Trinajstić information content (AvgIpc) is 2.74. The van der Waals surface area contributed by atoms with Crippen LogP contribution >= 0.6 is 11.6 Å². The van der Waals surface area contributed by atoms with Crippen LogP contribution in [0.2, 0.25) is 5.02 Å². The van der Waals surface area contributed by atoms with E-state index in [9.17, 15) is 5.11 Å². The molecule has 0 bridgehead atoms. The van der Waals surface area contributed by atoms with Crippen LogP contribution in [0.5, 0.6) is 11.5 Å². The number of nitrogens with zero attached hydrogens (tertiary/aromatic N) is 1. The third kappa shape index (κ3) is 6.61. The number of aliphatic hydroxyl groups is 1. The molecule has 29 heavy (non-hydrogen) atoms. The summed E-state index contributed by atoms with van der Waals surface area (Å²) in [6.07, 6.45) is 2.96. The summed E-state index contributed by atoms with van der Waals surface area (Å²) in [7, 11) is 1.59. The summed E-state index contributed by atoms with van der Waals surface area (Å²) in [6.45, 7) is 1.59. The Balaban J connectivity index is 0.00000300. The number of methoxy groups -OCH3 is 1. The van der Waals surface area contributed by atoms with E-state index in [2.05, 4.69) is 4.98 Å². The van der Waals surface area contributed by atoms with Gasteiger partial charge in [-0.15, -0.1) is 0 Å². The first kappa shape index (κ1) is 23.0. The molecule has 2 aromatic carbocycles. The number of aliphatic hydroxyl groups excluding tert-OH is 1. The van der Waals surface area contributed by atoms with Crippen molar-refractivity contribution in [3.63, 3.8) is 0 Å². The van der Waals surface area contributed by atoms with Gasteiger partial charge in [-0.2, -0.15) is 0 Å². The highest BCUT2D eigenvalue weighted by Gasteiger charge is 2.14. The third-order valence-corrected chi connectivity index (χ3v) is 4.63. The van der Waals surface area contributed by atoms with E-state index in [1.807, 2.05) is 59.9 Å². The largest absolute Gasteiger partial charge is 1.00 e. The van der Waals surface area contributed by atoms with E-state index < -0.39 is 6.10 Å². The van der Waals surface area contributed by atoms with Crippen molar-refractivity contribution in [2.24, 2.45) is 0 Å². The zero-order valence-corrected chi connectivity index (χ0v) is 17.6. The normalized spacial score (nSPS) is 11.4. The second-order valence-corrected chi connectivity index (χ2v) is 6.82. The molecular formula is C22H24Cl2N2O3. The fourth-order valence-corrected chi connectivity index (χ4v) is 3.18. The van der Waals surface area contributed by atoms with Gasteiger partial charge in [0.2, 0.25) is 0 Å². The smallest absolute Gasteiger partial charge is 0.180 e. The molecule has 3 rings (SSSR count). The summed E-state index contributed by atoms with van der Waals surface area (Å²) in [6, 6.07) is 17.2. The van der Waals surface area contributed by atoms with Gasteiger partial charge in [0.25, 0.3) is 0 Å². The number of pyridine rings is 1. The van der Waals surface area contributed by atoms with Gasteiger partial charge in [0.1, 0.15) is 25.8 Å². The number of rotatable bonds is 9. The van der Waals surface area contributed by atoms with Crippen molar-refractivity contribution < 1.29 is 32.3 Å². The van der Waals surface area contributed by atoms with Crippen molar-refractivity contribution in [2.45, 2.75) is 19.3 Å². The number of aromatic nitrogens is 1. The van der Waals surface area contributed by atoms with Gasteiger partial charge >= 0.3 is 0 Å². The van der Waals surface area contributed by atoms with Crippen molar-refractivity contribution in [1.82, 2.24) is 4.98 Å². The van der Waals surface area contributed by atoms with Crippen molar-refractivity contribution in [3.05, 3.63) is 88.7 Å². The quantitative estimate of drug-likeness (QED) is 0.502. The Labute approximate surface area is 182 Å². The van der Waals surface area contributed by atoms with Crippen molar-refractivity contribution in [2.75, 3.05) is 13.7 Å². The minimum absolute atomic E-state index is 0. The molecule has 5 nitrogen and oxygen atoms in total. The maximum Gasteiger partial charge on any atom is 0.180 e. The lowest BCUT2D eigenvalue weighted by molar-refractivity contribution is -0.677. The van der Waals surface area contributed by atoms with Crippen molar-refractivity contribution in [1.29, 1.82) is 0 Å². The molecule has 0 radical (unpaired) electrons. The van der Waals surface area contributed by atoms with Gasteiger partial charge in [0.15, 0.2) is 11.5 Å². The summed E-state index contributed by atoms with van der Waals surface area (Å²) < 4.78 is 11.3. The van der Waals surface area contributed by atoms with Crippen LogP contribution in [0.25, 0.3) is 0 Å². The molecule has 0 aliphatic carbocycles. The summed E-state index contributed by atoms with van der Waals surface area (Å²) in [5, 5.41) is 12.8. The monoisotopic (exact) mass is 434 g/mol. The van der Waals surface area contributed by atoms with E-state index in [0.717, 1.165) is 16.7 Å². The molecule has 0 amide bonds. The zero-order chi connectivity index (χ0) is 19.8. The van der Waals surface area contributed by atoms with E-state index >= 15 is 0 Å². The molecule has 0 aliphatic rings. The third-order valence-electron chi connectivity index (χ3n) is 4.35. The molecule has 0 fully saturated rings. The fourth-order valence-electron chi connectivity index (χ4n) is 2.89. The Bertz CT molecular complexity index is 880. The number of quaternary nitrogens is 1. The molecule has 154 valence electrons. The summed E-state index contributed by atoms with van der Waals surface area (Å²) in [4.78, 5) is 4.08. The Morgan fingerprint density at radius 3 is 2.59 bits per heavy atom. The van der Waals surface area contributed by atoms with E-state index in [1.165, 1.54) is 0 Å². The van der Waals surface area contributed by atoms with Crippen LogP contribution < -0.4 is 27.2 Å². The van der Waals surface area contributed by atoms with Gasteiger partial charge in [-0.3, -0.25) is 4.98 Å². The standard InChI is InChI=1S/C22H23ClN2O3.ClH/c1-27-21-11-17(13-25-14-20(26)18-7-3-2-4-8-18)10-19(23)22(21)28-15-16-6-5-9-24-12-16;/h2-12,20,25-26H,13-15H2,1H3;1H. The number of nitrogens with two attached hydrogens (primary N) is 1. The Morgan fingerprint density at radius 1 is 1.10 bits per heavy atom. The maximum atomic E-state index is 10.3. The Kier molecular flexibility index (Phi) is 9.22. The van der Waals surface area contributed by atoms with Crippen LogP contribution in [-0.4, -0.2) is 23.7 Å². The van der Waals surface area contributed by atoms with Crippen LogP contribution in [-0.2, 0) is 13.2 Å². The molecule has 1 atom stereocenters. The molecule has 1 unspecified atom stereocenters. The van der Waals surface area contributed by atoms with E-state index in [0.29, 0.717) is 36.2 Å². The second-order valence-electron chi connectivity index (χ2n) is 6.41. The summed E-state index contributed by atoms with van der Waals surface area (Å²) >= 11 is 6.43. The van der Waals surface area contributed by atoms with Gasteiger partial charge in [-0.1, -0.05) is 48.0 Å². The van der Waals surface area contributed by atoms with Crippen molar-refractivity contribution >= 4 is 11.6 Å². The fraction of sp³-hybridized carbons (Fsp3) is 0.227. The number of hydrogen-bond donors (Lipinski definition) is 2. The van der Waals surface area contributed by atoms with Crippen molar-refractivity contribution in [3.8, 4) is 11.5 Å². The number of ether oxygens (including phenoxy) is 2. The zero-order valence-electron chi connectivity index (χ0n) is 16.1. The molecule has 3 aromatic rings. The molecule has 0 aliphatic heterocycles. The van der Waals surface area contributed by atoms with Gasteiger partial charge in [-0.05, 0) is 23.8 Å². The summed E-state index contributed by atoms with van der Waals surface area (Å²) in [5.74, 6) is 1.10. The molecule has 0 saturated carbocycles. The SMILES string of the molecule is COc1cc(C[NH2+]CC(O)c2ccccc2)cc(Cl)c1OCc1cccnc1.[Cl-]. The molecule has 7 heteroatoms. The highest BCUT2D eigenvalue weighted by atomic mass is 35.5. The van der Waals surface area contributed by atoms with E-state index in [1.54, 1.807) is 19.5 Å². The molecular weight excluding hydrogens is 411 g/mol.